The zero-order valence-corrected chi connectivity index (χ0v) is 10.7. The summed E-state index contributed by atoms with van der Waals surface area (Å²) in [6.45, 7) is -1.32. The smallest absolute Gasteiger partial charge is 0.330 e. The van der Waals surface area contributed by atoms with Gasteiger partial charge in [-0.15, -0.1) is 0 Å². The molecule has 1 fully saturated rings. The summed E-state index contributed by atoms with van der Waals surface area (Å²) in [5.41, 5.74) is -4.21. The molecule has 0 aromatic carbocycles. The SMILES string of the molecule is O=c1[nH]c(=O)n([C@@H]2O[C@](CO)(CCO)[C@@H](O)[C@@H]2F)cc1F. The van der Waals surface area contributed by atoms with Gasteiger partial charge in [0.25, 0.3) is 5.56 Å². The highest BCUT2D eigenvalue weighted by atomic mass is 19.1. The Kier molecular flexibility index (Phi) is 4.23. The summed E-state index contributed by atoms with van der Waals surface area (Å²) in [6.07, 6.45) is -5.56. The van der Waals surface area contributed by atoms with E-state index in [1.807, 2.05) is 0 Å². The van der Waals surface area contributed by atoms with Crippen LogP contribution in [0.25, 0.3) is 0 Å². The molecule has 1 aliphatic rings. The minimum Gasteiger partial charge on any atom is -0.396 e. The summed E-state index contributed by atoms with van der Waals surface area (Å²) in [5, 5.41) is 28.0. The van der Waals surface area contributed by atoms with Crippen LogP contribution in [0.1, 0.15) is 12.6 Å². The molecule has 118 valence electrons. The van der Waals surface area contributed by atoms with Crippen LogP contribution in [0.3, 0.4) is 0 Å². The zero-order chi connectivity index (χ0) is 15.8. The molecule has 1 aliphatic heterocycles. The van der Waals surface area contributed by atoms with Gasteiger partial charge in [-0.3, -0.25) is 14.3 Å². The summed E-state index contributed by atoms with van der Waals surface area (Å²) in [7, 11) is 0. The molecule has 0 bridgehead atoms. The van der Waals surface area contributed by atoms with Crippen LogP contribution < -0.4 is 11.2 Å². The van der Waals surface area contributed by atoms with E-state index in [1.54, 1.807) is 4.98 Å². The number of aromatic nitrogens is 2. The fourth-order valence-electron chi connectivity index (χ4n) is 2.29. The molecule has 4 N–H and O–H groups in total. The standard InChI is InChI=1S/C11H14F2N2O6/c12-5-3-15(10(20)14-8(5)19)9-6(13)7(18)11(4-17,21-9)1-2-16/h3,6-7,9,16-18H,1-2,4H2,(H,14,19,20)/t6-,7-,9+,11-/m0/s1. The van der Waals surface area contributed by atoms with Crippen LogP contribution in [0, 0.1) is 5.82 Å². The van der Waals surface area contributed by atoms with E-state index >= 15 is 0 Å². The lowest BCUT2D eigenvalue weighted by atomic mass is 9.93. The zero-order valence-electron chi connectivity index (χ0n) is 10.7. The lowest BCUT2D eigenvalue weighted by molar-refractivity contribution is -0.137. The van der Waals surface area contributed by atoms with Crippen molar-refractivity contribution in [2.75, 3.05) is 13.2 Å². The monoisotopic (exact) mass is 308 g/mol. The number of halogens is 2. The van der Waals surface area contributed by atoms with Crippen molar-refractivity contribution >= 4 is 0 Å². The van der Waals surface area contributed by atoms with E-state index in [2.05, 4.69) is 0 Å². The van der Waals surface area contributed by atoms with Crippen molar-refractivity contribution in [2.45, 2.75) is 30.5 Å². The van der Waals surface area contributed by atoms with Crippen molar-refractivity contribution in [3.05, 3.63) is 32.9 Å². The Hall–Kier alpha value is -1.62. The van der Waals surface area contributed by atoms with Crippen LogP contribution in [0.15, 0.2) is 15.8 Å². The Balaban J connectivity index is 2.45. The number of aliphatic hydroxyl groups excluding tert-OH is 3. The molecule has 1 saturated heterocycles. The van der Waals surface area contributed by atoms with E-state index in [1.165, 1.54) is 0 Å². The summed E-state index contributed by atoms with van der Waals surface area (Å²) in [6, 6.07) is 0. The van der Waals surface area contributed by atoms with Crippen LogP contribution >= 0.6 is 0 Å². The molecule has 0 saturated carbocycles. The second-order valence-corrected chi connectivity index (χ2v) is 4.74. The fraction of sp³-hybridized carbons (Fsp3) is 0.636. The first-order chi connectivity index (χ1) is 9.86. The summed E-state index contributed by atoms with van der Waals surface area (Å²) in [5.74, 6) is -1.33. The number of hydrogen-bond acceptors (Lipinski definition) is 6. The van der Waals surface area contributed by atoms with Crippen molar-refractivity contribution in [3.8, 4) is 0 Å². The Morgan fingerprint density at radius 3 is 2.67 bits per heavy atom. The van der Waals surface area contributed by atoms with Crippen LogP contribution in [-0.2, 0) is 4.74 Å². The average molecular weight is 308 g/mol. The van der Waals surface area contributed by atoms with E-state index in [-0.39, 0.29) is 6.42 Å². The number of aliphatic hydroxyl groups is 3. The van der Waals surface area contributed by atoms with E-state index in [0.717, 1.165) is 0 Å². The number of nitrogens with one attached hydrogen (secondary N) is 1. The lowest BCUT2D eigenvalue weighted by Crippen LogP contribution is -2.46. The van der Waals surface area contributed by atoms with Crippen LogP contribution in [0.2, 0.25) is 0 Å². The van der Waals surface area contributed by atoms with Gasteiger partial charge in [-0.2, -0.15) is 4.39 Å². The second-order valence-electron chi connectivity index (χ2n) is 4.74. The molecule has 1 aromatic heterocycles. The van der Waals surface area contributed by atoms with Gasteiger partial charge in [-0.05, 0) is 0 Å². The van der Waals surface area contributed by atoms with E-state index < -0.39 is 54.4 Å². The number of ether oxygens (including phenoxy) is 1. The van der Waals surface area contributed by atoms with Gasteiger partial charge >= 0.3 is 5.69 Å². The van der Waals surface area contributed by atoms with Gasteiger partial charge in [0, 0.05) is 13.0 Å². The van der Waals surface area contributed by atoms with E-state index in [4.69, 9.17) is 9.84 Å². The summed E-state index contributed by atoms with van der Waals surface area (Å²) in [4.78, 5) is 24.2. The van der Waals surface area contributed by atoms with Crippen molar-refractivity contribution in [2.24, 2.45) is 0 Å². The van der Waals surface area contributed by atoms with Crippen molar-refractivity contribution < 1.29 is 28.8 Å². The molecule has 2 heterocycles. The van der Waals surface area contributed by atoms with Crippen LogP contribution in [0.5, 0.6) is 0 Å². The minimum atomic E-state index is -2.16. The van der Waals surface area contributed by atoms with Gasteiger partial charge in [0.1, 0.15) is 11.7 Å². The third kappa shape index (κ3) is 2.50. The molecule has 0 aliphatic carbocycles. The molecule has 21 heavy (non-hydrogen) atoms. The van der Waals surface area contributed by atoms with Gasteiger partial charge < -0.3 is 20.1 Å². The predicted octanol–water partition coefficient (Wildman–Crippen LogP) is -1.98. The number of rotatable bonds is 4. The Bertz CT molecular complexity index is 632. The Morgan fingerprint density at radius 1 is 1.43 bits per heavy atom. The maximum absolute atomic E-state index is 14.1. The molecule has 0 spiro atoms. The summed E-state index contributed by atoms with van der Waals surface area (Å²) >= 11 is 0. The van der Waals surface area contributed by atoms with E-state index in [0.29, 0.717) is 10.8 Å². The number of alkyl halides is 1. The fourth-order valence-corrected chi connectivity index (χ4v) is 2.29. The number of aromatic amines is 1. The highest BCUT2D eigenvalue weighted by Gasteiger charge is 2.55. The van der Waals surface area contributed by atoms with Crippen molar-refractivity contribution in [1.29, 1.82) is 0 Å². The van der Waals surface area contributed by atoms with Crippen LogP contribution in [-0.4, -0.2) is 56.0 Å². The Morgan fingerprint density at radius 2 is 2.10 bits per heavy atom. The maximum Gasteiger partial charge on any atom is 0.330 e. The number of H-pyrrole nitrogens is 1. The van der Waals surface area contributed by atoms with Gasteiger partial charge in [0.05, 0.1) is 12.8 Å². The lowest BCUT2D eigenvalue weighted by Gasteiger charge is -2.28. The number of hydrogen-bond donors (Lipinski definition) is 4. The molecule has 4 atom stereocenters. The summed E-state index contributed by atoms with van der Waals surface area (Å²) < 4.78 is 33.0. The predicted molar refractivity (Wildman–Crippen MR) is 63.8 cm³/mol. The highest BCUT2D eigenvalue weighted by Crippen LogP contribution is 2.40. The van der Waals surface area contributed by atoms with Gasteiger partial charge in [-0.25, -0.2) is 9.18 Å². The molecule has 0 radical (unpaired) electrons. The molecule has 2 rings (SSSR count). The topological polar surface area (TPSA) is 125 Å². The third-order valence-corrected chi connectivity index (χ3v) is 3.47. The van der Waals surface area contributed by atoms with Gasteiger partial charge in [0.15, 0.2) is 12.4 Å². The normalized spacial score (nSPS) is 32.5. The molecule has 1 aromatic rings. The van der Waals surface area contributed by atoms with Crippen molar-refractivity contribution in [3.63, 3.8) is 0 Å². The molecular formula is C11H14F2N2O6. The quantitative estimate of drug-likeness (QED) is 0.511. The Labute approximate surface area is 116 Å². The first-order valence-electron chi connectivity index (χ1n) is 6.09. The molecule has 0 amide bonds. The number of nitrogens with zero attached hydrogens (tertiary/aromatic N) is 1. The molecule has 10 heteroatoms. The third-order valence-electron chi connectivity index (χ3n) is 3.47. The largest absolute Gasteiger partial charge is 0.396 e. The second kappa shape index (κ2) is 5.64. The molecular weight excluding hydrogens is 294 g/mol. The average Bonchev–Trinajstić information content (AvgIpc) is 2.69. The van der Waals surface area contributed by atoms with E-state index in [9.17, 15) is 28.6 Å². The van der Waals surface area contributed by atoms with Crippen molar-refractivity contribution in [1.82, 2.24) is 9.55 Å². The first kappa shape index (κ1) is 15.8. The minimum absolute atomic E-state index is 0.290. The highest BCUT2D eigenvalue weighted by molar-refractivity contribution is 5.02. The maximum atomic E-state index is 14.1. The molecule has 0 unspecified atom stereocenters. The van der Waals surface area contributed by atoms with Gasteiger partial charge in [-0.1, -0.05) is 0 Å². The first-order valence-corrected chi connectivity index (χ1v) is 6.09. The van der Waals surface area contributed by atoms with Crippen LogP contribution in [0.4, 0.5) is 8.78 Å². The van der Waals surface area contributed by atoms with Gasteiger partial charge in [0.2, 0.25) is 5.82 Å². The molecule has 8 nitrogen and oxygen atoms in total.